The quantitative estimate of drug-likeness (QED) is 0.757. The van der Waals surface area contributed by atoms with E-state index >= 15 is 0 Å². The molecule has 2 aromatic rings. The number of nitrogens with zero attached hydrogens (tertiary/aromatic N) is 1. The van der Waals surface area contributed by atoms with Gasteiger partial charge in [0.05, 0.1) is 0 Å². The van der Waals surface area contributed by atoms with Gasteiger partial charge in [-0.25, -0.2) is 8.42 Å². The number of ether oxygens (including phenoxy) is 1. The molecule has 0 aliphatic heterocycles. The van der Waals surface area contributed by atoms with Crippen molar-refractivity contribution >= 4 is 15.9 Å². The monoisotopic (exact) mass is 353 g/mol. The van der Waals surface area contributed by atoms with E-state index in [1.54, 1.807) is 0 Å². The van der Waals surface area contributed by atoms with Gasteiger partial charge in [-0.3, -0.25) is 10.2 Å². The van der Waals surface area contributed by atoms with E-state index in [1.807, 2.05) is 36.9 Å². The fourth-order valence-electron chi connectivity index (χ4n) is 2.23. The van der Waals surface area contributed by atoms with E-state index in [0.717, 1.165) is 11.1 Å². The van der Waals surface area contributed by atoms with Gasteiger partial charge in [-0.05, 0) is 38.8 Å². The Balaban J connectivity index is 1.96. The molecule has 0 bridgehead atoms. The SMILES string of the molecule is Cc1cccc(C)c1OCC(=O)NNS(=O)(=O)c1c(C)noc1C. The van der Waals surface area contributed by atoms with Crippen molar-refractivity contribution in [3.05, 3.63) is 40.8 Å². The molecule has 8 nitrogen and oxygen atoms in total. The van der Waals surface area contributed by atoms with E-state index in [2.05, 4.69) is 10.6 Å². The average Bonchev–Trinajstić information content (AvgIpc) is 2.84. The highest BCUT2D eigenvalue weighted by Crippen LogP contribution is 2.22. The molecule has 9 heteroatoms. The van der Waals surface area contributed by atoms with Crippen LogP contribution in [0.2, 0.25) is 0 Å². The third kappa shape index (κ3) is 3.92. The number of carbonyl (C=O) groups is 1. The molecule has 1 amide bonds. The summed E-state index contributed by atoms with van der Waals surface area (Å²) < 4.78 is 34.6. The van der Waals surface area contributed by atoms with Crippen LogP contribution < -0.4 is 15.0 Å². The summed E-state index contributed by atoms with van der Waals surface area (Å²) in [5.41, 5.74) is 4.09. The maximum atomic E-state index is 12.2. The van der Waals surface area contributed by atoms with Gasteiger partial charge in [0.1, 0.15) is 16.3 Å². The number of rotatable bonds is 6. The number of sulfonamides is 1. The van der Waals surface area contributed by atoms with Gasteiger partial charge in [0.15, 0.2) is 12.4 Å². The zero-order valence-corrected chi connectivity index (χ0v) is 14.7. The number of amides is 1. The highest BCUT2D eigenvalue weighted by Gasteiger charge is 2.24. The van der Waals surface area contributed by atoms with E-state index in [0.29, 0.717) is 5.75 Å². The lowest BCUT2D eigenvalue weighted by molar-refractivity contribution is -0.123. The zero-order valence-electron chi connectivity index (χ0n) is 13.8. The summed E-state index contributed by atoms with van der Waals surface area (Å²) in [5.74, 6) is 0.107. The van der Waals surface area contributed by atoms with Gasteiger partial charge in [-0.15, -0.1) is 4.83 Å². The molecule has 0 atom stereocenters. The molecule has 130 valence electrons. The lowest BCUT2D eigenvalue weighted by atomic mass is 10.1. The van der Waals surface area contributed by atoms with Gasteiger partial charge in [-0.2, -0.15) is 0 Å². The summed E-state index contributed by atoms with van der Waals surface area (Å²) in [5, 5.41) is 3.57. The fourth-order valence-corrected chi connectivity index (χ4v) is 3.43. The van der Waals surface area contributed by atoms with Crippen molar-refractivity contribution in [2.75, 3.05) is 6.61 Å². The molecular formula is C15H19N3O5S. The van der Waals surface area contributed by atoms with Crippen molar-refractivity contribution in [1.82, 2.24) is 15.4 Å². The van der Waals surface area contributed by atoms with Gasteiger partial charge in [0, 0.05) is 0 Å². The minimum atomic E-state index is -3.97. The molecule has 0 unspecified atom stereocenters. The first kappa shape index (κ1) is 18.0. The van der Waals surface area contributed by atoms with E-state index in [9.17, 15) is 13.2 Å². The first-order valence-corrected chi connectivity index (χ1v) is 8.63. The Morgan fingerprint density at radius 1 is 1.21 bits per heavy atom. The Bertz CT molecular complexity index is 818. The number of nitrogens with one attached hydrogen (secondary N) is 2. The topological polar surface area (TPSA) is 111 Å². The van der Waals surface area contributed by atoms with E-state index in [-0.39, 0.29) is 23.0 Å². The second-order valence-electron chi connectivity index (χ2n) is 5.32. The molecule has 1 heterocycles. The van der Waals surface area contributed by atoms with Gasteiger partial charge in [0.2, 0.25) is 0 Å². The van der Waals surface area contributed by atoms with Crippen molar-refractivity contribution in [2.24, 2.45) is 0 Å². The number of hydrogen-bond acceptors (Lipinski definition) is 6. The number of aromatic nitrogens is 1. The van der Waals surface area contributed by atoms with Crippen molar-refractivity contribution in [1.29, 1.82) is 0 Å². The van der Waals surface area contributed by atoms with Crippen LogP contribution in [-0.4, -0.2) is 26.1 Å². The fraction of sp³-hybridized carbons (Fsp3) is 0.333. The van der Waals surface area contributed by atoms with Crippen LogP contribution in [0.3, 0.4) is 0 Å². The van der Waals surface area contributed by atoms with Gasteiger partial charge in [-0.1, -0.05) is 23.4 Å². The molecule has 0 spiro atoms. The number of benzene rings is 1. The largest absolute Gasteiger partial charge is 0.483 e. The van der Waals surface area contributed by atoms with Crippen LogP contribution in [0.1, 0.15) is 22.6 Å². The minimum absolute atomic E-state index is 0.0986. The van der Waals surface area contributed by atoms with Crippen molar-refractivity contribution in [3.63, 3.8) is 0 Å². The van der Waals surface area contributed by atoms with E-state index in [4.69, 9.17) is 9.26 Å². The highest BCUT2D eigenvalue weighted by molar-refractivity contribution is 7.89. The second kappa shape index (κ2) is 7.02. The van der Waals surface area contributed by atoms with Crippen LogP contribution in [-0.2, 0) is 14.8 Å². The summed E-state index contributed by atoms with van der Waals surface area (Å²) in [7, 11) is -3.97. The minimum Gasteiger partial charge on any atom is -0.483 e. The molecular weight excluding hydrogens is 334 g/mol. The number of aryl methyl sites for hydroxylation is 4. The molecule has 2 N–H and O–H groups in total. The molecule has 0 fully saturated rings. The zero-order chi connectivity index (χ0) is 17.9. The van der Waals surface area contributed by atoms with Gasteiger partial charge in [0.25, 0.3) is 15.9 Å². The first-order chi connectivity index (χ1) is 11.2. The van der Waals surface area contributed by atoms with Crippen molar-refractivity contribution in [3.8, 4) is 5.75 Å². The smallest absolute Gasteiger partial charge is 0.272 e. The third-order valence-corrected chi connectivity index (χ3v) is 4.81. The lowest BCUT2D eigenvalue weighted by Gasteiger charge is -2.12. The third-order valence-electron chi connectivity index (χ3n) is 3.32. The van der Waals surface area contributed by atoms with Crippen LogP contribution in [0, 0.1) is 27.7 Å². The molecule has 24 heavy (non-hydrogen) atoms. The number of hydrogen-bond donors (Lipinski definition) is 2. The Labute approximate surface area is 140 Å². The maximum Gasteiger partial charge on any atom is 0.272 e. The Morgan fingerprint density at radius 3 is 2.38 bits per heavy atom. The van der Waals surface area contributed by atoms with Crippen LogP contribution in [0.5, 0.6) is 5.75 Å². The normalized spacial score (nSPS) is 11.3. The van der Waals surface area contributed by atoms with E-state index in [1.165, 1.54) is 13.8 Å². The summed E-state index contributed by atoms with van der Waals surface area (Å²) in [6, 6.07) is 5.61. The number of hydrazine groups is 1. The lowest BCUT2D eigenvalue weighted by Crippen LogP contribution is -2.44. The predicted octanol–water partition coefficient (Wildman–Crippen LogP) is 1.30. The predicted molar refractivity (Wildman–Crippen MR) is 85.9 cm³/mol. The summed E-state index contributed by atoms with van der Waals surface area (Å²) in [6.45, 7) is 6.37. The van der Waals surface area contributed by atoms with Crippen molar-refractivity contribution in [2.45, 2.75) is 32.6 Å². The standard InChI is InChI=1S/C15H19N3O5S/c1-9-6-5-7-10(2)14(9)22-8-13(19)16-18-24(20,21)15-11(3)17-23-12(15)4/h5-7,18H,8H2,1-4H3,(H,16,19). The van der Waals surface area contributed by atoms with Crippen LogP contribution in [0.25, 0.3) is 0 Å². The number of carbonyl (C=O) groups excluding carboxylic acids is 1. The molecule has 1 aromatic heterocycles. The summed E-state index contributed by atoms with van der Waals surface area (Å²) in [4.78, 5) is 13.7. The van der Waals surface area contributed by atoms with Gasteiger partial charge >= 0.3 is 0 Å². The summed E-state index contributed by atoms with van der Waals surface area (Å²) in [6.07, 6.45) is 0. The van der Waals surface area contributed by atoms with Crippen LogP contribution >= 0.6 is 0 Å². The Morgan fingerprint density at radius 2 is 1.83 bits per heavy atom. The van der Waals surface area contributed by atoms with Crippen molar-refractivity contribution < 1.29 is 22.5 Å². The molecule has 1 aromatic carbocycles. The average molecular weight is 353 g/mol. The number of para-hydroxylation sites is 1. The molecule has 0 radical (unpaired) electrons. The second-order valence-corrected chi connectivity index (χ2v) is 6.94. The molecule has 2 rings (SSSR count). The Hall–Kier alpha value is -2.39. The Kier molecular flexibility index (Phi) is 5.25. The van der Waals surface area contributed by atoms with Gasteiger partial charge < -0.3 is 9.26 Å². The summed E-state index contributed by atoms with van der Waals surface area (Å²) >= 11 is 0. The van der Waals surface area contributed by atoms with Crippen LogP contribution in [0.4, 0.5) is 0 Å². The van der Waals surface area contributed by atoms with E-state index < -0.39 is 15.9 Å². The highest BCUT2D eigenvalue weighted by atomic mass is 32.2. The molecule has 0 saturated carbocycles. The van der Waals surface area contributed by atoms with Crippen LogP contribution in [0.15, 0.2) is 27.6 Å². The molecule has 0 saturated heterocycles. The molecule has 0 aliphatic carbocycles. The molecule has 0 aliphatic rings. The maximum absolute atomic E-state index is 12.2. The first-order valence-electron chi connectivity index (χ1n) is 7.15.